The van der Waals surface area contributed by atoms with Crippen LogP contribution < -0.4 is 0 Å². The molecule has 1 N–H and O–H groups in total. The zero-order valence-electron chi connectivity index (χ0n) is 23.6. The van der Waals surface area contributed by atoms with E-state index in [1.54, 1.807) is 36.4 Å². The third-order valence-electron chi connectivity index (χ3n) is 7.48. The average molecular weight is 587 g/mol. The largest absolute Gasteiger partial charge is 0.481 e. The van der Waals surface area contributed by atoms with Crippen LogP contribution in [0.25, 0.3) is 11.3 Å². The molecule has 4 aromatic rings. The minimum absolute atomic E-state index is 0.0259. The molecular formula is C34H32F2N2O5. The molecule has 43 heavy (non-hydrogen) atoms. The Labute approximate surface area is 248 Å². The molecule has 0 saturated heterocycles. The molecule has 0 amide bonds. The Morgan fingerprint density at radius 3 is 2.60 bits per heavy atom. The number of halogens is 2. The maximum atomic E-state index is 13.6. The standard InChI is InChI=1S/C34H32F2N2O5/c35-26-12-8-23(9-13-26)24-11-15-33(39)30-14-10-25(18-32(30)37-28(17-24)6-1-2-7-34(40)41)31-19-29(43-38-31)21-42-20-22-4-3-5-27(36)16-22/h3-5,8-10,12-14,16,18-19,24H,1-2,6-7,11,15,17,20-21H2,(H,40,41). The first-order chi connectivity index (χ1) is 20.8. The Morgan fingerprint density at radius 2 is 1.81 bits per heavy atom. The molecule has 1 aliphatic heterocycles. The highest BCUT2D eigenvalue weighted by molar-refractivity contribution is 6.03. The van der Waals surface area contributed by atoms with Crippen LogP contribution in [-0.4, -0.2) is 27.7 Å². The minimum atomic E-state index is -0.840. The van der Waals surface area contributed by atoms with Crippen molar-refractivity contribution in [3.05, 3.63) is 107 Å². The van der Waals surface area contributed by atoms with Crippen LogP contribution in [0.2, 0.25) is 0 Å². The molecule has 5 rings (SSSR count). The van der Waals surface area contributed by atoms with E-state index in [9.17, 15) is 18.4 Å². The van der Waals surface area contributed by atoms with Crippen molar-refractivity contribution in [2.45, 2.75) is 64.1 Å². The van der Waals surface area contributed by atoms with Gasteiger partial charge in [-0.1, -0.05) is 35.5 Å². The summed E-state index contributed by atoms with van der Waals surface area (Å²) >= 11 is 0. The zero-order valence-corrected chi connectivity index (χ0v) is 23.6. The van der Waals surface area contributed by atoms with Gasteiger partial charge in [-0.15, -0.1) is 0 Å². The van der Waals surface area contributed by atoms with E-state index in [-0.39, 0.29) is 43.0 Å². The molecule has 0 radical (unpaired) electrons. The molecule has 0 bridgehead atoms. The monoisotopic (exact) mass is 586 g/mol. The first kappa shape index (κ1) is 30.0. The van der Waals surface area contributed by atoms with E-state index in [0.29, 0.717) is 66.8 Å². The normalized spacial score (nSPS) is 15.3. The van der Waals surface area contributed by atoms with E-state index < -0.39 is 5.97 Å². The number of hydrogen-bond donors (Lipinski definition) is 1. The number of ketones is 1. The lowest BCUT2D eigenvalue weighted by Gasteiger charge is -2.18. The fourth-order valence-corrected chi connectivity index (χ4v) is 5.26. The van der Waals surface area contributed by atoms with E-state index in [1.807, 2.05) is 12.1 Å². The van der Waals surface area contributed by atoms with Crippen LogP contribution in [0.3, 0.4) is 0 Å². The van der Waals surface area contributed by atoms with Crippen LogP contribution in [0.4, 0.5) is 14.5 Å². The number of carbonyl (C=O) groups is 2. The van der Waals surface area contributed by atoms with E-state index in [1.165, 1.54) is 24.3 Å². The molecule has 1 aromatic heterocycles. The zero-order chi connectivity index (χ0) is 30.2. The van der Waals surface area contributed by atoms with Crippen LogP contribution in [0.5, 0.6) is 0 Å². The third-order valence-corrected chi connectivity index (χ3v) is 7.48. The van der Waals surface area contributed by atoms with Gasteiger partial charge in [0.05, 0.1) is 12.3 Å². The Kier molecular flexibility index (Phi) is 9.84. The fourth-order valence-electron chi connectivity index (χ4n) is 5.26. The Morgan fingerprint density at radius 1 is 0.977 bits per heavy atom. The van der Waals surface area contributed by atoms with Crippen molar-refractivity contribution in [2.24, 2.45) is 4.99 Å². The van der Waals surface area contributed by atoms with Crippen molar-refractivity contribution in [2.75, 3.05) is 0 Å². The molecule has 9 heteroatoms. The Hall–Kier alpha value is -4.50. The van der Waals surface area contributed by atoms with Gasteiger partial charge in [-0.25, -0.2) is 8.78 Å². The molecular weight excluding hydrogens is 554 g/mol. The lowest BCUT2D eigenvalue weighted by molar-refractivity contribution is -0.137. The number of carboxylic acid groups (broad SMARTS) is 1. The summed E-state index contributed by atoms with van der Waals surface area (Å²) in [5, 5.41) is 13.2. The maximum Gasteiger partial charge on any atom is 0.303 e. The number of carbonyl (C=O) groups excluding carboxylic acids is 1. The maximum absolute atomic E-state index is 13.6. The number of hydrogen-bond acceptors (Lipinski definition) is 6. The summed E-state index contributed by atoms with van der Waals surface area (Å²) in [6.07, 6.45) is 3.30. The van der Waals surface area contributed by atoms with Crippen LogP contribution in [0, 0.1) is 11.6 Å². The summed E-state index contributed by atoms with van der Waals surface area (Å²) in [4.78, 5) is 29.3. The average Bonchev–Trinajstić information content (AvgIpc) is 3.48. The van der Waals surface area contributed by atoms with Crippen molar-refractivity contribution in [1.82, 2.24) is 5.16 Å². The van der Waals surface area contributed by atoms with Crippen molar-refractivity contribution in [1.29, 1.82) is 0 Å². The lowest BCUT2D eigenvalue weighted by atomic mass is 9.87. The molecule has 3 aromatic carbocycles. The predicted octanol–water partition coefficient (Wildman–Crippen LogP) is 8.20. The third kappa shape index (κ3) is 8.29. The first-order valence-electron chi connectivity index (χ1n) is 14.3. The SMILES string of the molecule is O=C(O)CCCCC1=Nc2cc(-c3cc(COCc4cccc(F)c4)on3)ccc2C(=O)CCC(c2ccc(F)cc2)C1. The quantitative estimate of drug-likeness (QED) is 0.178. The van der Waals surface area contributed by atoms with Gasteiger partial charge in [0.25, 0.3) is 0 Å². The van der Waals surface area contributed by atoms with Gasteiger partial charge in [-0.2, -0.15) is 0 Å². The highest BCUT2D eigenvalue weighted by atomic mass is 19.1. The van der Waals surface area contributed by atoms with Crippen molar-refractivity contribution in [3.8, 4) is 11.3 Å². The highest BCUT2D eigenvalue weighted by Gasteiger charge is 2.22. The van der Waals surface area contributed by atoms with Gasteiger partial charge in [0, 0.05) is 35.7 Å². The summed E-state index contributed by atoms with van der Waals surface area (Å²) in [5.41, 5.74) is 4.82. The Balaban J connectivity index is 1.37. The molecule has 1 aliphatic rings. The summed E-state index contributed by atoms with van der Waals surface area (Å²) in [6, 6.07) is 19.7. The van der Waals surface area contributed by atoms with Crippen LogP contribution in [0.1, 0.15) is 78.1 Å². The number of nitrogens with zero attached hydrogens (tertiary/aromatic N) is 2. The molecule has 1 unspecified atom stereocenters. The van der Waals surface area contributed by atoms with Crippen molar-refractivity contribution in [3.63, 3.8) is 0 Å². The highest BCUT2D eigenvalue weighted by Crippen LogP contribution is 2.35. The lowest BCUT2D eigenvalue weighted by Crippen LogP contribution is -2.09. The van der Waals surface area contributed by atoms with E-state index in [4.69, 9.17) is 19.4 Å². The first-order valence-corrected chi connectivity index (χ1v) is 14.3. The summed E-state index contributed by atoms with van der Waals surface area (Å²) in [7, 11) is 0. The number of fused-ring (bicyclic) bond motifs is 1. The van der Waals surface area contributed by atoms with Gasteiger partial charge in [-0.05, 0) is 85.5 Å². The molecule has 222 valence electrons. The molecule has 0 saturated carbocycles. The molecule has 7 nitrogen and oxygen atoms in total. The van der Waals surface area contributed by atoms with Crippen molar-refractivity contribution < 1.29 is 32.7 Å². The van der Waals surface area contributed by atoms with Gasteiger partial charge in [0.1, 0.15) is 23.9 Å². The fraction of sp³-hybridized carbons (Fsp3) is 0.294. The number of carboxylic acids is 1. The van der Waals surface area contributed by atoms with Gasteiger partial charge in [0.15, 0.2) is 11.5 Å². The molecule has 0 fully saturated rings. The van der Waals surface area contributed by atoms with Crippen LogP contribution in [0.15, 0.2) is 82.3 Å². The summed E-state index contributed by atoms with van der Waals surface area (Å²) in [5.74, 6) is -1.05. The minimum Gasteiger partial charge on any atom is -0.481 e. The van der Waals surface area contributed by atoms with E-state index in [0.717, 1.165) is 16.8 Å². The van der Waals surface area contributed by atoms with Gasteiger partial charge >= 0.3 is 5.97 Å². The van der Waals surface area contributed by atoms with Gasteiger partial charge in [-0.3, -0.25) is 14.6 Å². The number of aliphatic carboxylic acids is 1. The number of unbranched alkanes of at least 4 members (excludes halogenated alkanes) is 1. The van der Waals surface area contributed by atoms with E-state index >= 15 is 0 Å². The van der Waals surface area contributed by atoms with Crippen LogP contribution in [-0.2, 0) is 22.7 Å². The second-order valence-corrected chi connectivity index (χ2v) is 10.7. The van der Waals surface area contributed by atoms with E-state index in [2.05, 4.69) is 5.16 Å². The number of Topliss-reactive ketones (excluding diaryl/α,β-unsaturated/α-hetero) is 1. The summed E-state index contributed by atoms with van der Waals surface area (Å²) in [6.45, 7) is 0.369. The number of aromatic nitrogens is 1. The molecule has 2 heterocycles. The van der Waals surface area contributed by atoms with Crippen LogP contribution >= 0.6 is 0 Å². The molecule has 1 atom stereocenters. The van der Waals surface area contributed by atoms with Crippen molar-refractivity contribution >= 4 is 23.2 Å². The summed E-state index contributed by atoms with van der Waals surface area (Å²) < 4.78 is 38.2. The number of aliphatic imine (C=N–C) groups is 1. The molecule has 0 spiro atoms. The Bertz CT molecular complexity index is 1610. The topological polar surface area (TPSA) is 102 Å². The number of rotatable bonds is 11. The van der Waals surface area contributed by atoms with Gasteiger partial charge < -0.3 is 14.4 Å². The number of benzene rings is 3. The smallest absolute Gasteiger partial charge is 0.303 e. The predicted molar refractivity (Wildman–Crippen MR) is 157 cm³/mol. The van der Waals surface area contributed by atoms with Gasteiger partial charge in [0.2, 0.25) is 0 Å². The number of ether oxygens (including phenoxy) is 1. The second kappa shape index (κ2) is 14.1. The molecule has 0 aliphatic carbocycles. The second-order valence-electron chi connectivity index (χ2n) is 10.7.